The molecule has 142 valence electrons. The molecule has 1 aromatic rings. The van der Waals surface area contributed by atoms with E-state index in [4.69, 9.17) is 11.6 Å². The van der Waals surface area contributed by atoms with E-state index in [2.05, 4.69) is 5.32 Å². The highest BCUT2D eigenvalue weighted by molar-refractivity contribution is 6.31. The normalized spacial score (nSPS) is 26.4. The van der Waals surface area contributed by atoms with Gasteiger partial charge < -0.3 is 15.3 Å². The number of nitrogens with zero attached hydrogens (tertiary/aromatic N) is 1. The molecule has 5 nitrogen and oxygen atoms in total. The molecule has 0 bridgehead atoms. The van der Waals surface area contributed by atoms with Crippen LogP contribution in [-0.2, 0) is 4.79 Å². The van der Waals surface area contributed by atoms with Crippen LogP contribution in [0.4, 0.5) is 0 Å². The van der Waals surface area contributed by atoms with Crippen molar-refractivity contribution in [3.8, 4) is 0 Å². The van der Waals surface area contributed by atoms with Crippen LogP contribution < -0.4 is 5.32 Å². The van der Waals surface area contributed by atoms with Crippen molar-refractivity contribution in [3.05, 3.63) is 34.3 Å². The van der Waals surface area contributed by atoms with E-state index < -0.39 is 12.1 Å². The number of likely N-dealkylation sites (tertiary alicyclic amines) is 1. The van der Waals surface area contributed by atoms with Crippen LogP contribution in [-0.4, -0.2) is 47.1 Å². The first kappa shape index (κ1) is 19.2. The van der Waals surface area contributed by atoms with Crippen LogP contribution in [0.2, 0.25) is 5.02 Å². The first-order valence-corrected chi connectivity index (χ1v) is 9.87. The highest BCUT2D eigenvalue weighted by Gasteiger charge is 2.36. The van der Waals surface area contributed by atoms with Crippen molar-refractivity contribution < 1.29 is 14.7 Å². The molecule has 3 atom stereocenters. The summed E-state index contributed by atoms with van der Waals surface area (Å²) in [5.74, 6) is -0.209. The lowest BCUT2D eigenvalue weighted by Gasteiger charge is -2.36. The molecular formula is C20H27ClN2O3. The minimum atomic E-state index is -0.620. The van der Waals surface area contributed by atoms with E-state index in [-0.39, 0.29) is 17.7 Å². The summed E-state index contributed by atoms with van der Waals surface area (Å²) in [6, 6.07) is 4.76. The van der Waals surface area contributed by atoms with Crippen LogP contribution in [0.1, 0.15) is 54.4 Å². The number of nitrogens with one attached hydrogen (secondary N) is 1. The zero-order valence-corrected chi connectivity index (χ0v) is 16.0. The number of carbonyl (C=O) groups is 2. The average molecular weight is 379 g/mol. The van der Waals surface area contributed by atoms with Crippen LogP contribution in [0, 0.1) is 12.8 Å². The maximum atomic E-state index is 12.8. The summed E-state index contributed by atoms with van der Waals surface area (Å²) in [5.41, 5.74) is 1.38. The molecule has 1 aliphatic heterocycles. The molecule has 0 unspecified atom stereocenters. The first-order valence-electron chi connectivity index (χ1n) is 9.49. The fraction of sp³-hybridized carbons (Fsp3) is 0.600. The molecule has 6 heteroatoms. The maximum Gasteiger partial charge on any atom is 0.251 e. The third-order valence-electron chi connectivity index (χ3n) is 5.58. The van der Waals surface area contributed by atoms with Crippen LogP contribution >= 0.6 is 11.6 Å². The quantitative estimate of drug-likeness (QED) is 0.849. The number of aliphatic hydroxyl groups excluding tert-OH is 1. The number of halogens is 1. The van der Waals surface area contributed by atoms with Crippen molar-refractivity contribution in [2.24, 2.45) is 5.92 Å². The molecule has 0 aromatic heterocycles. The number of aliphatic hydroxyl groups is 1. The Labute approximate surface area is 159 Å². The second kappa shape index (κ2) is 8.40. The Bertz CT molecular complexity index is 673. The molecule has 2 aliphatic rings. The van der Waals surface area contributed by atoms with Crippen molar-refractivity contribution in [2.75, 3.05) is 13.1 Å². The number of piperidine rings is 1. The summed E-state index contributed by atoms with van der Waals surface area (Å²) in [6.07, 6.45) is 4.39. The fourth-order valence-electron chi connectivity index (χ4n) is 3.89. The topological polar surface area (TPSA) is 69.6 Å². The van der Waals surface area contributed by atoms with Crippen molar-refractivity contribution >= 4 is 23.4 Å². The third kappa shape index (κ3) is 4.38. The van der Waals surface area contributed by atoms with E-state index in [9.17, 15) is 14.7 Å². The van der Waals surface area contributed by atoms with Gasteiger partial charge in [-0.15, -0.1) is 0 Å². The van der Waals surface area contributed by atoms with Gasteiger partial charge in [0.1, 0.15) is 0 Å². The van der Waals surface area contributed by atoms with Crippen molar-refractivity contribution in [1.82, 2.24) is 10.2 Å². The number of amides is 2. The van der Waals surface area contributed by atoms with E-state index in [1.165, 1.54) is 6.42 Å². The van der Waals surface area contributed by atoms with E-state index >= 15 is 0 Å². The molecule has 0 radical (unpaired) electrons. The van der Waals surface area contributed by atoms with Crippen LogP contribution in [0.25, 0.3) is 0 Å². The highest BCUT2D eigenvalue weighted by Crippen LogP contribution is 2.28. The summed E-state index contributed by atoms with van der Waals surface area (Å²) < 4.78 is 0. The molecule has 1 saturated heterocycles. The van der Waals surface area contributed by atoms with Crippen molar-refractivity contribution in [3.63, 3.8) is 0 Å². The summed E-state index contributed by atoms with van der Waals surface area (Å²) in [5, 5.41) is 13.8. The number of carbonyl (C=O) groups excluding carboxylic acids is 2. The Kier molecular flexibility index (Phi) is 6.20. The molecule has 1 heterocycles. The van der Waals surface area contributed by atoms with Gasteiger partial charge in [0.2, 0.25) is 5.91 Å². The Balaban J connectivity index is 1.63. The van der Waals surface area contributed by atoms with Crippen molar-refractivity contribution in [2.45, 2.75) is 57.6 Å². The standard InChI is InChI=1S/C20H27ClN2O3/c1-13-5-6-14(11-16(13)21)19(25)22-17-12-15(7-8-18(17)24)20(26)23-9-3-2-4-10-23/h5-6,11,15,17-18,24H,2-4,7-10,12H2,1H3,(H,22,25)/t15-,17+,18+/m0/s1. The van der Waals surface area contributed by atoms with Gasteiger partial charge >= 0.3 is 0 Å². The second-order valence-electron chi connectivity index (χ2n) is 7.51. The lowest BCUT2D eigenvalue weighted by molar-refractivity contribution is -0.138. The van der Waals surface area contributed by atoms with Gasteiger partial charge in [0.25, 0.3) is 5.91 Å². The molecule has 1 aliphatic carbocycles. The molecule has 3 rings (SSSR count). The van der Waals surface area contributed by atoms with Gasteiger partial charge in [-0.05, 0) is 63.1 Å². The second-order valence-corrected chi connectivity index (χ2v) is 7.91. The van der Waals surface area contributed by atoms with E-state index in [1.54, 1.807) is 18.2 Å². The number of aryl methyl sites for hydroxylation is 1. The summed E-state index contributed by atoms with van der Waals surface area (Å²) in [6.45, 7) is 3.54. The minimum Gasteiger partial charge on any atom is -0.391 e. The van der Waals surface area contributed by atoms with Gasteiger partial charge in [-0.25, -0.2) is 0 Å². The van der Waals surface area contributed by atoms with Gasteiger partial charge in [-0.2, -0.15) is 0 Å². The summed E-state index contributed by atoms with van der Waals surface area (Å²) in [4.78, 5) is 27.2. The lowest BCUT2D eigenvalue weighted by atomic mass is 9.82. The molecular weight excluding hydrogens is 352 g/mol. The van der Waals surface area contributed by atoms with Gasteiger partial charge in [0.15, 0.2) is 0 Å². The number of hydrogen-bond donors (Lipinski definition) is 2. The van der Waals surface area contributed by atoms with Gasteiger partial charge in [-0.1, -0.05) is 17.7 Å². The molecule has 2 fully saturated rings. The Morgan fingerprint density at radius 2 is 1.92 bits per heavy atom. The highest BCUT2D eigenvalue weighted by atomic mass is 35.5. The van der Waals surface area contributed by atoms with E-state index in [0.29, 0.717) is 29.8 Å². The zero-order chi connectivity index (χ0) is 18.7. The first-order chi connectivity index (χ1) is 12.5. The smallest absolute Gasteiger partial charge is 0.251 e. The monoisotopic (exact) mass is 378 g/mol. The van der Waals surface area contributed by atoms with Gasteiger partial charge in [0, 0.05) is 29.6 Å². The molecule has 0 spiro atoms. The Hall–Kier alpha value is -1.59. The van der Waals surface area contributed by atoms with E-state index in [1.807, 2.05) is 11.8 Å². The average Bonchev–Trinajstić information content (AvgIpc) is 2.65. The predicted molar refractivity (Wildman–Crippen MR) is 101 cm³/mol. The van der Waals surface area contributed by atoms with Crippen LogP contribution in [0.5, 0.6) is 0 Å². The number of hydrogen-bond acceptors (Lipinski definition) is 3. The fourth-order valence-corrected chi connectivity index (χ4v) is 4.07. The molecule has 1 saturated carbocycles. The SMILES string of the molecule is Cc1ccc(C(=O)N[C@@H]2C[C@@H](C(=O)N3CCCCC3)CC[C@H]2O)cc1Cl. The Morgan fingerprint density at radius 1 is 1.19 bits per heavy atom. The lowest BCUT2D eigenvalue weighted by Crippen LogP contribution is -2.50. The molecule has 26 heavy (non-hydrogen) atoms. The van der Waals surface area contributed by atoms with Crippen LogP contribution in [0.15, 0.2) is 18.2 Å². The molecule has 2 N–H and O–H groups in total. The minimum absolute atomic E-state index is 0.122. The third-order valence-corrected chi connectivity index (χ3v) is 5.99. The van der Waals surface area contributed by atoms with Gasteiger partial charge in [0.05, 0.1) is 12.1 Å². The van der Waals surface area contributed by atoms with Crippen molar-refractivity contribution in [1.29, 1.82) is 0 Å². The molecule has 2 amide bonds. The largest absolute Gasteiger partial charge is 0.391 e. The zero-order valence-electron chi connectivity index (χ0n) is 15.2. The van der Waals surface area contributed by atoms with E-state index in [0.717, 1.165) is 31.5 Å². The number of rotatable bonds is 3. The maximum absolute atomic E-state index is 12.8. The summed E-state index contributed by atoms with van der Waals surface area (Å²) in [7, 11) is 0. The predicted octanol–water partition coefficient (Wildman–Crippen LogP) is 2.92. The summed E-state index contributed by atoms with van der Waals surface area (Å²) >= 11 is 6.10. The van der Waals surface area contributed by atoms with Gasteiger partial charge in [-0.3, -0.25) is 9.59 Å². The molecule has 1 aromatic carbocycles. The Morgan fingerprint density at radius 3 is 2.62 bits per heavy atom. The van der Waals surface area contributed by atoms with Crippen LogP contribution in [0.3, 0.4) is 0 Å². The number of benzene rings is 1.